The minimum atomic E-state index is -0.956. The van der Waals surface area contributed by atoms with Crippen LogP contribution in [0.25, 0.3) is 0 Å². The summed E-state index contributed by atoms with van der Waals surface area (Å²) in [6, 6.07) is 0. The van der Waals surface area contributed by atoms with E-state index in [0.717, 1.165) is 57.8 Å². The van der Waals surface area contributed by atoms with Crippen molar-refractivity contribution in [2.24, 2.45) is 0 Å². The van der Waals surface area contributed by atoms with Crippen LogP contribution in [0, 0.1) is 35.5 Å². The summed E-state index contributed by atoms with van der Waals surface area (Å²) in [5.74, 6) is 17.8. The van der Waals surface area contributed by atoms with Crippen LogP contribution in [0.4, 0.5) is 0 Å². The lowest BCUT2D eigenvalue weighted by molar-refractivity contribution is -0.118. The number of ether oxygens (including phenoxy) is 2. The smallest absolute Gasteiger partial charge is 0.129 e. The summed E-state index contributed by atoms with van der Waals surface area (Å²) < 4.78 is 11.1. The summed E-state index contributed by atoms with van der Waals surface area (Å²) in [4.78, 5) is 43.4. The molecule has 15 nitrogen and oxygen atoms in total. The number of unbranched alkanes of at least 4 members (excludes halogenated alkanes) is 8. The number of carbonyl (C=O) groups is 4. The Bertz CT molecular complexity index is 2750. The van der Waals surface area contributed by atoms with Crippen molar-refractivity contribution in [3.8, 4) is 35.5 Å². The average molecular weight is 1460 g/mol. The van der Waals surface area contributed by atoms with Gasteiger partial charge in [-0.05, 0) is 186 Å². The molecule has 0 aliphatic heterocycles. The second-order valence-electron chi connectivity index (χ2n) is 27.5. The predicted octanol–water partition coefficient (Wildman–Crippen LogP) is 16.5. The van der Waals surface area contributed by atoms with Gasteiger partial charge in [-0.2, -0.15) is 0 Å². The van der Waals surface area contributed by atoms with E-state index in [9.17, 15) is 65.1 Å². The first-order valence-electron chi connectivity index (χ1n) is 38.7. The van der Waals surface area contributed by atoms with E-state index in [4.69, 9.17) is 9.47 Å². The van der Waals surface area contributed by atoms with Gasteiger partial charge in [-0.25, -0.2) is 0 Å². The number of ketones is 4. The molecule has 0 bridgehead atoms. The summed E-state index contributed by atoms with van der Waals surface area (Å²) >= 11 is 0. The van der Waals surface area contributed by atoms with Crippen LogP contribution in [-0.2, 0) is 28.7 Å². The minimum Gasteiger partial charge on any atom is -0.390 e. The SMILES string of the molecule is CC(=O)CCC[C@H](O)[C@H](O)/C=C/C=C/C#C/C=C/C1(O)CCCCCCC1.CCCCCC(C)(/C=C/C#C/C=C/C=C/[C@@H](O)[C@@H](O)CCCC(C)=O)OC.CCCCCC(C)(/C=C/C#C/C=C/C=C/[C@@H](O)[C@@H](O)CCCC(C)=O)OC.CCCCCC/C=C/C=C\C=C\C=C\[C@@H](O)[C@@H](O)CCCC(C)=O. The minimum absolute atomic E-state index is 0.0875. The molecular weight excluding hydrogens is 1320 g/mol. The zero-order valence-electron chi connectivity index (χ0n) is 66.2. The molecule has 0 radical (unpaired) electrons. The molecule has 10 atom stereocenters. The first-order valence-corrected chi connectivity index (χ1v) is 38.7. The maximum Gasteiger partial charge on any atom is 0.129 e. The van der Waals surface area contributed by atoms with E-state index in [-0.39, 0.29) is 34.3 Å². The first-order chi connectivity index (χ1) is 50.2. The van der Waals surface area contributed by atoms with Gasteiger partial charge in [0.15, 0.2) is 0 Å². The fourth-order valence-electron chi connectivity index (χ4n) is 10.1. The Balaban J connectivity index is -0.00000132. The van der Waals surface area contributed by atoms with Gasteiger partial charge in [-0.15, -0.1) is 0 Å². The van der Waals surface area contributed by atoms with E-state index < -0.39 is 54.4 Å². The highest BCUT2D eigenvalue weighted by atomic mass is 16.5. The zero-order chi connectivity index (χ0) is 79.1. The predicted molar refractivity (Wildman–Crippen MR) is 433 cm³/mol. The molecule has 2 unspecified atom stereocenters. The molecule has 0 amide bonds. The molecule has 0 spiro atoms. The van der Waals surface area contributed by atoms with Crippen LogP contribution >= 0.6 is 0 Å². The Morgan fingerprint density at radius 2 is 0.676 bits per heavy atom. The van der Waals surface area contributed by atoms with Gasteiger partial charge in [0, 0.05) is 39.9 Å². The normalized spacial score (nSPS) is 17.1. The lowest BCUT2D eigenvalue weighted by atomic mass is 9.87. The standard InChI is InChI=1S/C23H34O4.2C23H36O4.C21H34O3/c1-20(24)14-13-16-22(26)21(25)15-9-5-2-3-6-10-17-23(27)18-11-7-4-8-12-19-23;2*1-5-6-12-18-23(3,27-4)19-13-10-8-7-9-11-16-21(25)22(26)17-14-15-20(2)24;1-3-4-5-6-7-8-9-10-11-12-13-14-17-20(23)21(24)18-15-16-19(2)22/h2,5,9-10,15,17,21-22,25-27H,4,7-8,11-14,16,18-19H2,1H3;2*7,9,11,13,16,19,21-22,25-26H,5-6,12,14-15,17-18H2,1-4H3;8-14,17,20-21,23-24H,3-7,15-16,18H2,1-2H3/b5-2+,15-9+,17-10+;2*9-7+,16-11+,19-13+;9-8+,11-10-,13-12+,17-14+/t21-,22+;2*21-,22+,23?;20-,21+/m1111/s1. The van der Waals surface area contributed by atoms with Crippen molar-refractivity contribution in [1.82, 2.24) is 0 Å². The van der Waals surface area contributed by atoms with Crippen molar-refractivity contribution in [3.63, 3.8) is 0 Å². The van der Waals surface area contributed by atoms with Crippen LogP contribution in [-0.4, -0.2) is 149 Å². The number of Topliss-reactive ketones (excluding diaryl/α,β-unsaturated/α-hetero) is 4. The van der Waals surface area contributed by atoms with Crippen LogP contribution in [0.5, 0.6) is 0 Å². The molecule has 0 aromatic heterocycles. The van der Waals surface area contributed by atoms with E-state index in [1.165, 1.54) is 117 Å². The van der Waals surface area contributed by atoms with Crippen molar-refractivity contribution in [3.05, 3.63) is 158 Å². The molecule has 9 N–H and O–H groups in total. The number of hydrogen-bond donors (Lipinski definition) is 9. The maximum atomic E-state index is 10.9. The molecule has 105 heavy (non-hydrogen) atoms. The molecule has 1 aliphatic rings. The third-order valence-corrected chi connectivity index (χ3v) is 17.2. The number of allylic oxidation sites excluding steroid dienone is 19. The van der Waals surface area contributed by atoms with Crippen LogP contribution < -0.4 is 0 Å². The van der Waals surface area contributed by atoms with Gasteiger partial charge in [-0.3, -0.25) is 0 Å². The molecule has 15 heteroatoms. The van der Waals surface area contributed by atoms with Crippen molar-refractivity contribution in [1.29, 1.82) is 0 Å². The third-order valence-electron chi connectivity index (χ3n) is 17.2. The molecule has 0 heterocycles. The molecule has 0 saturated heterocycles. The fraction of sp³-hybridized carbons (Fsp3) is 0.600. The van der Waals surface area contributed by atoms with E-state index in [2.05, 4.69) is 76.2 Å². The number of hydrogen-bond acceptors (Lipinski definition) is 15. The first kappa shape index (κ1) is 103. The van der Waals surface area contributed by atoms with E-state index in [1.54, 1.807) is 99.3 Å². The highest BCUT2D eigenvalue weighted by Crippen LogP contribution is 2.28. The molecule has 1 saturated carbocycles. The Morgan fingerprint density at radius 1 is 0.381 bits per heavy atom. The topological polar surface area (TPSA) is 269 Å². The molecule has 1 aliphatic carbocycles. The molecule has 0 aromatic carbocycles. The maximum absolute atomic E-state index is 10.9. The highest BCUT2D eigenvalue weighted by Gasteiger charge is 2.24. The average Bonchev–Trinajstić information content (AvgIpc) is 0.909. The molecular formula is C90H140O15. The van der Waals surface area contributed by atoms with Gasteiger partial charge in [0.05, 0.1) is 65.6 Å². The number of carbonyl (C=O) groups excluding carboxylic acids is 4. The Hall–Kier alpha value is -6.46. The summed E-state index contributed by atoms with van der Waals surface area (Å²) in [6.45, 7) is 16.8. The van der Waals surface area contributed by atoms with E-state index in [0.29, 0.717) is 77.0 Å². The quantitative estimate of drug-likeness (QED) is 0.0156. The number of aliphatic hydroxyl groups is 9. The summed E-state index contributed by atoms with van der Waals surface area (Å²) in [5.41, 5.74) is -1.28. The monoisotopic (exact) mass is 1460 g/mol. The third kappa shape index (κ3) is 69.1. The summed E-state index contributed by atoms with van der Waals surface area (Å²) in [7, 11) is 3.43. The lowest BCUT2D eigenvalue weighted by Crippen LogP contribution is -2.26. The van der Waals surface area contributed by atoms with Crippen molar-refractivity contribution in [2.75, 3.05) is 14.2 Å². The fourth-order valence-corrected chi connectivity index (χ4v) is 10.1. The van der Waals surface area contributed by atoms with E-state index in [1.807, 2.05) is 48.6 Å². The number of methoxy groups -OCH3 is 2. The van der Waals surface area contributed by atoms with Crippen LogP contribution in [0.15, 0.2) is 158 Å². The van der Waals surface area contributed by atoms with Gasteiger partial charge < -0.3 is 74.6 Å². The second kappa shape index (κ2) is 70.5. The molecule has 0 aromatic rings. The molecule has 1 fully saturated rings. The van der Waals surface area contributed by atoms with Gasteiger partial charge in [0.25, 0.3) is 0 Å². The van der Waals surface area contributed by atoms with Crippen LogP contribution in [0.2, 0.25) is 0 Å². The van der Waals surface area contributed by atoms with Crippen LogP contribution in [0.3, 0.4) is 0 Å². The number of rotatable bonds is 48. The van der Waals surface area contributed by atoms with Crippen molar-refractivity contribution in [2.45, 2.75) is 333 Å². The Kier molecular flexibility index (Phi) is 69.0. The highest BCUT2D eigenvalue weighted by molar-refractivity contribution is 5.76. The molecule has 1 rings (SSSR count). The van der Waals surface area contributed by atoms with Crippen LogP contribution in [0.1, 0.15) is 268 Å². The second-order valence-corrected chi connectivity index (χ2v) is 27.5. The zero-order valence-corrected chi connectivity index (χ0v) is 66.2. The Labute approximate surface area is 635 Å². The van der Waals surface area contributed by atoms with E-state index >= 15 is 0 Å². The van der Waals surface area contributed by atoms with Crippen molar-refractivity contribution < 1.29 is 74.6 Å². The largest absolute Gasteiger partial charge is 0.390 e. The number of aliphatic hydroxyl groups excluding tert-OH is 8. The van der Waals surface area contributed by atoms with Gasteiger partial charge in [0.2, 0.25) is 0 Å². The Morgan fingerprint density at radius 3 is 1.01 bits per heavy atom. The van der Waals surface area contributed by atoms with Crippen molar-refractivity contribution >= 4 is 23.1 Å². The lowest BCUT2D eigenvalue weighted by Gasteiger charge is -2.26. The van der Waals surface area contributed by atoms with Gasteiger partial charge in [0.1, 0.15) is 23.1 Å². The van der Waals surface area contributed by atoms with Gasteiger partial charge in [-0.1, -0.05) is 249 Å². The molecule has 590 valence electrons. The summed E-state index contributed by atoms with van der Waals surface area (Å²) in [6.07, 6.45) is 67.0. The van der Waals surface area contributed by atoms with Gasteiger partial charge >= 0.3 is 0 Å². The summed E-state index contributed by atoms with van der Waals surface area (Å²) in [5, 5.41) is 88.9.